The van der Waals surface area contributed by atoms with Crippen molar-refractivity contribution in [2.75, 3.05) is 20.2 Å². The minimum absolute atomic E-state index is 0.802. The Morgan fingerprint density at radius 2 is 2.12 bits per heavy atom. The number of piperidine rings is 1. The van der Waals surface area contributed by atoms with Crippen molar-refractivity contribution < 1.29 is 4.74 Å². The van der Waals surface area contributed by atoms with Crippen LogP contribution in [0.4, 0.5) is 0 Å². The van der Waals surface area contributed by atoms with Gasteiger partial charge in [-0.15, -0.1) is 0 Å². The third-order valence-corrected chi connectivity index (χ3v) is 3.71. The fourth-order valence-corrected chi connectivity index (χ4v) is 2.62. The maximum absolute atomic E-state index is 5.42. The van der Waals surface area contributed by atoms with E-state index in [1.54, 1.807) is 7.11 Å². The van der Waals surface area contributed by atoms with Crippen LogP contribution in [0.2, 0.25) is 0 Å². The van der Waals surface area contributed by atoms with Crippen LogP contribution < -0.4 is 10.1 Å². The van der Waals surface area contributed by atoms with Crippen LogP contribution >= 0.6 is 15.9 Å². The molecule has 0 atom stereocenters. The van der Waals surface area contributed by atoms with Crippen LogP contribution in [0.3, 0.4) is 0 Å². The molecule has 1 aliphatic rings. The van der Waals surface area contributed by atoms with Crippen LogP contribution in [-0.4, -0.2) is 20.2 Å². The molecular formula is C13H18BrNO. The topological polar surface area (TPSA) is 21.3 Å². The van der Waals surface area contributed by atoms with Crippen LogP contribution in [0.5, 0.6) is 5.75 Å². The maximum Gasteiger partial charge on any atom is 0.123 e. The van der Waals surface area contributed by atoms with Crippen molar-refractivity contribution in [2.45, 2.75) is 19.3 Å². The lowest BCUT2D eigenvalue weighted by Gasteiger charge is -2.23. The number of ether oxygens (including phenoxy) is 1. The first kappa shape index (κ1) is 11.9. The van der Waals surface area contributed by atoms with E-state index in [-0.39, 0.29) is 0 Å². The van der Waals surface area contributed by atoms with Crippen molar-refractivity contribution in [3.8, 4) is 5.75 Å². The fourth-order valence-electron chi connectivity index (χ4n) is 2.28. The summed E-state index contributed by atoms with van der Waals surface area (Å²) in [6.45, 7) is 2.31. The Bertz CT molecular complexity index is 348. The SMILES string of the molecule is COc1cc(Br)ccc1CC1CCNCC1. The highest BCUT2D eigenvalue weighted by Crippen LogP contribution is 2.27. The molecule has 0 bridgehead atoms. The number of halogens is 1. The van der Waals surface area contributed by atoms with Gasteiger partial charge in [0.2, 0.25) is 0 Å². The Hall–Kier alpha value is -0.540. The Kier molecular flexibility index (Phi) is 4.24. The predicted molar refractivity (Wildman–Crippen MR) is 70.0 cm³/mol. The second-order valence-corrected chi connectivity index (χ2v) is 5.27. The van der Waals surface area contributed by atoms with Crippen LogP contribution in [0.25, 0.3) is 0 Å². The molecule has 88 valence electrons. The normalized spacial score (nSPS) is 17.4. The number of benzene rings is 1. The summed E-state index contributed by atoms with van der Waals surface area (Å²) in [7, 11) is 1.74. The quantitative estimate of drug-likeness (QED) is 0.921. The van der Waals surface area contributed by atoms with Gasteiger partial charge < -0.3 is 10.1 Å². The summed E-state index contributed by atoms with van der Waals surface area (Å²) in [6.07, 6.45) is 3.69. The van der Waals surface area contributed by atoms with E-state index < -0.39 is 0 Å². The average Bonchev–Trinajstić information content (AvgIpc) is 2.33. The van der Waals surface area contributed by atoms with Gasteiger partial charge >= 0.3 is 0 Å². The third kappa shape index (κ3) is 2.98. The molecule has 1 saturated heterocycles. The van der Waals surface area contributed by atoms with Crippen molar-refractivity contribution >= 4 is 15.9 Å². The van der Waals surface area contributed by atoms with E-state index >= 15 is 0 Å². The van der Waals surface area contributed by atoms with E-state index in [9.17, 15) is 0 Å². The summed E-state index contributed by atoms with van der Waals surface area (Å²) in [5, 5.41) is 3.40. The Balaban J connectivity index is 2.07. The lowest BCUT2D eigenvalue weighted by atomic mass is 9.91. The van der Waals surface area contributed by atoms with Gasteiger partial charge in [-0.2, -0.15) is 0 Å². The second kappa shape index (κ2) is 5.69. The summed E-state index contributed by atoms with van der Waals surface area (Å²) in [4.78, 5) is 0. The van der Waals surface area contributed by atoms with Gasteiger partial charge in [0.1, 0.15) is 5.75 Å². The highest BCUT2D eigenvalue weighted by Gasteiger charge is 2.15. The largest absolute Gasteiger partial charge is 0.496 e. The van der Waals surface area contributed by atoms with E-state index in [1.165, 1.54) is 18.4 Å². The lowest BCUT2D eigenvalue weighted by Crippen LogP contribution is -2.28. The van der Waals surface area contributed by atoms with Crippen LogP contribution in [0, 0.1) is 5.92 Å². The van der Waals surface area contributed by atoms with Crippen molar-refractivity contribution in [2.24, 2.45) is 5.92 Å². The van der Waals surface area contributed by atoms with Crippen molar-refractivity contribution in [1.82, 2.24) is 5.32 Å². The smallest absolute Gasteiger partial charge is 0.123 e. The molecule has 0 aliphatic carbocycles. The minimum Gasteiger partial charge on any atom is -0.496 e. The lowest BCUT2D eigenvalue weighted by molar-refractivity contribution is 0.361. The number of hydrogen-bond acceptors (Lipinski definition) is 2. The zero-order chi connectivity index (χ0) is 11.4. The van der Waals surface area contributed by atoms with Gasteiger partial charge in [-0.25, -0.2) is 0 Å². The van der Waals surface area contributed by atoms with Crippen LogP contribution in [-0.2, 0) is 6.42 Å². The molecule has 0 unspecified atom stereocenters. The Morgan fingerprint density at radius 3 is 2.81 bits per heavy atom. The Morgan fingerprint density at radius 1 is 1.38 bits per heavy atom. The number of nitrogens with one attached hydrogen (secondary N) is 1. The molecule has 16 heavy (non-hydrogen) atoms. The minimum atomic E-state index is 0.802. The van der Waals surface area contributed by atoms with E-state index in [4.69, 9.17) is 4.74 Å². The molecule has 0 spiro atoms. The van der Waals surface area contributed by atoms with Gasteiger partial charge in [0.25, 0.3) is 0 Å². The first-order valence-corrected chi connectivity index (χ1v) is 6.62. The second-order valence-electron chi connectivity index (χ2n) is 4.35. The zero-order valence-electron chi connectivity index (χ0n) is 9.63. The van der Waals surface area contributed by atoms with E-state index in [1.807, 2.05) is 0 Å². The molecule has 1 aromatic carbocycles. The molecule has 2 nitrogen and oxygen atoms in total. The molecule has 1 N–H and O–H groups in total. The zero-order valence-corrected chi connectivity index (χ0v) is 11.2. The van der Waals surface area contributed by atoms with E-state index in [2.05, 4.69) is 39.4 Å². The van der Waals surface area contributed by atoms with E-state index in [0.717, 1.165) is 35.7 Å². The molecule has 1 aliphatic heterocycles. The van der Waals surface area contributed by atoms with E-state index in [0.29, 0.717) is 0 Å². The number of rotatable bonds is 3. The molecule has 1 heterocycles. The number of methoxy groups -OCH3 is 1. The maximum atomic E-state index is 5.42. The molecule has 1 fully saturated rings. The van der Waals surface area contributed by atoms with Gasteiger partial charge in [-0.1, -0.05) is 22.0 Å². The van der Waals surface area contributed by atoms with Crippen LogP contribution in [0.15, 0.2) is 22.7 Å². The summed E-state index contributed by atoms with van der Waals surface area (Å²) >= 11 is 3.47. The molecule has 0 saturated carbocycles. The van der Waals surface area contributed by atoms with Gasteiger partial charge in [-0.05, 0) is 56.0 Å². The fraction of sp³-hybridized carbons (Fsp3) is 0.538. The van der Waals surface area contributed by atoms with Crippen LogP contribution in [0.1, 0.15) is 18.4 Å². The highest BCUT2D eigenvalue weighted by atomic mass is 79.9. The predicted octanol–water partition coefficient (Wildman–Crippen LogP) is 3.00. The summed E-state index contributed by atoms with van der Waals surface area (Å²) in [5.41, 5.74) is 1.33. The molecule has 0 radical (unpaired) electrons. The Labute approximate surface area is 106 Å². The van der Waals surface area contributed by atoms with Crippen molar-refractivity contribution in [3.63, 3.8) is 0 Å². The monoisotopic (exact) mass is 283 g/mol. The summed E-state index contributed by atoms with van der Waals surface area (Å²) < 4.78 is 6.50. The average molecular weight is 284 g/mol. The van der Waals surface area contributed by atoms with Crippen molar-refractivity contribution in [3.05, 3.63) is 28.2 Å². The molecule has 2 rings (SSSR count). The molecular weight excluding hydrogens is 266 g/mol. The summed E-state index contributed by atoms with van der Waals surface area (Å²) in [5.74, 6) is 1.81. The third-order valence-electron chi connectivity index (χ3n) is 3.22. The van der Waals surface area contributed by atoms with Gasteiger partial charge in [0.15, 0.2) is 0 Å². The molecule has 0 amide bonds. The molecule has 1 aromatic rings. The highest BCUT2D eigenvalue weighted by molar-refractivity contribution is 9.10. The standard InChI is InChI=1S/C13H18BrNO/c1-16-13-9-12(14)3-2-11(13)8-10-4-6-15-7-5-10/h2-3,9-10,15H,4-8H2,1H3. The van der Waals surface area contributed by atoms with Gasteiger partial charge in [0.05, 0.1) is 7.11 Å². The first-order chi connectivity index (χ1) is 7.79. The first-order valence-electron chi connectivity index (χ1n) is 5.82. The van der Waals surface area contributed by atoms with Crippen molar-refractivity contribution in [1.29, 1.82) is 0 Å². The molecule has 0 aromatic heterocycles. The van der Waals surface area contributed by atoms with Gasteiger partial charge in [0, 0.05) is 4.47 Å². The van der Waals surface area contributed by atoms with Gasteiger partial charge in [-0.3, -0.25) is 0 Å². The summed E-state index contributed by atoms with van der Waals surface area (Å²) in [6, 6.07) is 6.32. The molecule has 3 heteroatoms. The number of hydrogen-bond donors (Lipinski definition) is 1.